The molecule has 1 aromatic heterocycles. The van der Waals surface area contributed by atoms with E-state index in [0.717, 1.165) is 33.4 Å². The smallest absolute Gasteiger partial charge is 0.310 e. The van der Waals surface area contributed by atoms with Crippen LogP contribution in [0.25, 0.3) is 22.0 Å². The summed E-state index contributed by atoms with van der Waals surface area (Å²) in [5.74, 6) is 0.853. The van der Waals surface area contributed by atoms with Gasteiger partial charge in [0.15, 0.2) is 0 Å². The molecule has 1 N–H and O–H groups in total. The number of carbonyl (C=O) groups is 2. The van der Waals surface area contributed by atoms with Crippen molar-refractivity contribution in [1.29, 1.82) is 0 Å². The SMILES string of the molecule is CCOC(=O)Cc1ccc(OC)cc1OCc1nn(C)c2ccc(-c3cccc(NC=O)c3)cc12. The van der Waals surface area contributed by atoms with Gasteiger partial charge in [-0.25, -0.2) is 0 Å². The first-order chi connectivity index (χ1) is 17.0. The zero-order valence-corrected chi connectivity index (χ0v) is 19.9. The maximum atomic E-state index is 12.1. The minimum atomic E-state index is -0.318. The molecule has 0 unspecified atom stereocenters. The minimum Gasteiger partial charge on any atom is -0.497 e. The van der Waals surface area contributed by atoms with Gasteiger partial charge < -0.3 is 19.5 Å². The largest absolute Gasteiger partial charge is 0.497 e. The first-order valence-corrected chi connectivity index (χ1v) is 11.2. The van der Waals surface area contributed by atoms with E-state index in [4.69, 9.17) is 14.2 Å². The third kappa shape index (κ3) is 5.43. The van der Waals surface area contributed by atoms with Crippen LogP contribution in [0.1, 0.15) is 18.2 Å². The number of carbonyl (C=O) groups excluding carboxylic acids is 2. The summed E-state index contributed by atoms with van der Waals surface area (Å²) in [5.41, 5.74) is 5.12. The number of hydrogen-bond donors (Lipinski definition) is 1. The number of methoxy groups -OCH3 is 1. The monoisotopic (exact) mass is 473 g/mol. The molecule has 35 heavy (non-hydrogen) atoms. The molecule has 1 amide bonds. The summed E-state index contributed by atoms with van der Waals surface area (Å²) in [6.45, 7) is 2.30. The van der Waals surface area contributed by atoms with Crippen LogP contribution in [0.3, 0.4) is 0 Å². The molecule has 4 rings (SSSR count). The number of aryl methyl sites for hydroxylation is 1. The Hall–Kier alpha value is -4.33. The fourth-order valence-corrected chi connectivity index (χ4v) is 3.94. The highest BCUT2D eigenvalue weighted by molar-refractivity contribution is 5.88. The van der Waals surface area contributed by atoms with Crippen molar-refractivity contribution in [3.8, 4) is 22.6 Å². The lowest BCUT2D eigenvalue weighted by molar-refractivity contribution is -0.142. The molecular weight excluding hydrogens is 446 g/mol. The molecule has 0 spiro atoms. The maximum Gasteiger partial charge on any atom is 0.310 e. The summed E-state index contributed by atoms with van der Waals surface area (Å²) in [7, 11) is 3.47. The van der Waals surface area contributed by atoms with Crippen molar-refractivity contribution < 1.29 is 23.8 Å². The van der Waals surface area contributed by atoms with Gasteiger partial charge in [-0.3, -0.25) is 14.3 Å². The number of benzene rings is 3. The number of anilines is 1. The molecule has 0 aliphatic heterocycles. The Labute approximate surface area is 203 Å². The third-order valence-corrected chi connectivity index (χ3v) is 5.63. The van der Waals surface area contributed by atoms with Gasteiger partial charge in [-0.15, -0.1) is 0 Å². The zero-order chi connectivity index (χ0) is 24.8. The Balaban J connectivity index is 1.64. The highest BCUT2D eigenvalue weighted by Crippen LogP contribution is 2.30. The Morgan fingerprint density at radius 1 is 1.09 bits per heavy atom. The maximum absolute atomic E-state index is 12.1. The quantitative estimate of drug-likeness (QED) is 0.269. The standard InChI is InChI=1S/C27H27N3O5/c1-4-34-27(32)14-20-8-10-22(33-3)15-26(20)35-16-24-23-13-19(9-11-25(23)30(2)29-24)18-6-5-7-21(12-18)28-17-31/h5-13,15,17H,4,14,16H2,1-3H3,(H,28,31). The topological polar surface area (TPSA) is 91.7 Å². The molecule has 180 valence electrons. The van der Waals surface area contributed by atoms with Gasteiger partial charge in [0.25, 0.3) is 0 Å². The summed E-state index contributed by atoms with van der Waals surface area (Å²) < 4.78 is 18.4. The van der Waals surface area contributed by atoms with Crippen molar-refractivity contribution in [1.82, 2.24) is 9.78 Å². The van der Waals surface area contributed by atoms with Crippen LogP contribution < -0.4 is 14.8 Å². The number of amides is 1. The molecule has 0 fully saturated rings. The van der Waals surface area contributed by atoms with E-state index in [1.165, 1.54) is 0 Å². The molecule has 3 aromatic carbocycles. The van der Waals surface area contributed by atoms with Crippen molar-refractivity contribution >= 4 is 29.0 Å². The van der Waals surface area contributed by atoms with Gasteiger partial charge in [-0.1, -0.05) is 24.3 Å². The molecule has 4 aromatic rings. The van der Waals surface area contributed by atoms with Gasteiger partial charge in [0, 0.05) is 29.8 Å². The van der Waals surface area contributed by atoms with E-state index < -0.39 is 0 Å². The molecule has 0 saturated heterocycles. The predicted octanol–water partition coefficient (Wildman–Crippen LogP) is 4.50. The lowest BCUT2D eigenvalue weighted by atomic mass is 10.0. The number of rotatable bonds is 10. The summed E-state index contributed by atoms with van der Waals surface area (Å²) in [6, 6.07) is 19.1. The van der Waals surface area contributed by atoms with Crippen LogP contribution >= 0.6 is 0 Å². The molecule has 8 nitrogen and oxygen atoms in total. The van der Waals surface area contributed by atoms with Crippen LogP contribution in [0, 0.1) is 0 Å². The first kappa shape index (κ1) is 23.8. The van der Waals surface area contributed by atoms with E-state index >= 15 is 0 Å². The Morgan fingerprint density at radius 2 is 1.91 bits per heavy atom. The second kappa shape index (κ2) is 10.7. The average Bonchev–Trinajstić information content (AvgIpc) is 3.18. The van der Waals surface area contributed by atoms with E-state index in [1.807, 2.05) is 48.1 Å². The second-order valence-electron chi connectivity index (χ2n) is 7.89. The molecule has 0 aliphatic carbocycles. The molecule has 0 aliphatic rings. The highest BCUT2D eigenvalue weighted by Gasteiger charge is 2.15. The average molecular weight is 474 g/mol. The lowest BCUT2D eigenvalue weighted by Crippen LogP contribution is -2.09. The molecule has 0 bridgehead atoms. The van der Waals surface area contributed by atoms with Crippen molar-refractivity contribution in [2.24, 2.45) is 7.05 Å². The molecular formula is C27H27N3O5. The van der Waals surface area contributed by atoms with E-state index in [1.54, 1.807) is 32.2 Å². The van der Waals surface area contributed by atoms with Crippen LogP contribution in [0.5, 0.6) is 11.5 Å². The normalized spacial score (nSPS) is 10.7. The first-order valence-electron chi connectivity index (χ1n) is 11.2. The van der Waals surface area contributed by atoms with Crippen molar-refractivity contribution in [3.05, 3.63) is 71.9 Å². The van der Waals surface area contributed by atoms with Crippen LogP contribution in [0.4, 0.5) is 5.69 Å². The number of esters is 1. The lowest BCUT2D eigenvalue weighted by Gasteiger charge is -2.12. The summed E-state index contributed by atoms with van der Waals surface area (Å²) in [5, 5.41) is 8.30. The molecule has 0 radical (unpaired) electrons. The molecule has 0 atom stereocenters. The fraction of sp³-hybridized carbons (Fsp3) is 0.222. The summed E-state index contributed by atoms with van der Waals surface area (Å²) in [4.78, 5) is 22.9. The van der Waals surface area contributed by atoms with Crippen molar-refractivity contribution in [3.63, 3.8) is 0 Å². The van der Waals surface area contributed by atoms with Gasteiger partial charge in [0.2, 0.25) is 6.41 Å². The second-order valence-corrected chi connectivity index (χ2v) is 7.89. The van der Waals surface area contributed by atoms with Gasteiger partial charge >= 0.3 is 5.97 Å². The summed E-state index contributed by atoms with van der Waals surface area (Å²) in [6.07, 6.45) is 0.763. The van der Waals surface area contributed by atoms with Gasteiger partial charge in [0.1, 0.15) is 23.8 Å². The number of aromatic nitrogens is 2. The van der Waals surface area contributed by atoms with Gasteiger partial charge in [0.05, 0.1) is 25.7 Å². The number of nitrogens with zero attached hydrogens (tertiary/aromatic N) is 2. The third-order valence-electron chi connectivity index (χ3n) is 5.63. The van der Waals surface area contributed by atoms with Gasteiger partial charge in [-0.2, -0.15) is 5.10 Å². The van der Waals surface area contributed by atoms with Crippen molar-refractivity contribution in [2.45, 2.75) is 20.0 Å². The number of fused-ring (bicyclic) bond motifs is 1. The Bertz CT molecular complexity index is 1360. The van der Waals surface area contributed by atoms with Gasteiger partial charge in [-0.05, 0) is 48.4 Å². The molecule has 8 heteroatoms. The zero-order valence-electron chi connectivity index (χ0n) is 19.9. The minimum absolute atomic E-state index is 0.103. The van der Waals surface area contributed by atoms with Crippen LogP contribution in [-0.2, 0) is 34.4 Å². The van der Waals surface area contributed by atoms with E-state index in [0.29, 0.717) is 30.1 Å². The number of ether oxygens (including phenoxy) is 3. The van der Waals surface area contributed by atoms with Crippen LogP contribution in [0.15, 0.2) is 60.7 Å². The Morgan fingerprint density at radius 3 is 2.69 bits per heavy atom. The highest BCUT2D eigenvalue weighted by atomic mass is 16.5. The van der Waals surface area contributed by atoms with Crippen LogP contribution in [0.2, 0.25) is 0 Å². The van der Waals surface area contributed by atoms with Crippen LogP contribution in [-0.4, -0.2) is 35.9 Å². The van der Waals surface area contributed by atoms with E-state index in [2.05, 4.69) is 16.5 Å². The molecule has 0 saturated carbocycles. The van der Waals surface area contributed by atoms with E-state index in [9.17, 15) is 9.59 Å². The predicted molar refractivity (Wildman–Crippen MR) is 133 cm³/mol. The van der Waals surface area contributed by atoms with Crippen molar-refractivity contribution in [2.75, 3.05) is 19.0 Å². The van der Waals surface area contributed by atoms with E-state index in [-0.39, 0.29) is 19.0 Å². The number of hydrogen-bond acceptors (Lipinski definition) is 6. The summed E-state index contributed by atoms with van der Waals surface area (Å²) >= 11 is 0. The number of nitrogens with one attached hydrogen (secondary N) is 1. The molecule has 1 heterocycles. The fourth-order valence-electron chi connectivity index (χ4n) is 3.94. The Kier molecular flexibility index (Phi) is 7.30.